The highest BCUT2D eigenvalue weighted by Gasteiger charge is 2.43. The first-order chi connectivity index (χ1) is 20.1. The SMILES string of the molecule is Cc1ccc2c(n1)c1ccccc1n1cc(C(C)(C)C(C)(C)c3cn4c5ccccc5c5nc(C)ccc5c4n3)nc21. The Bertz CT molecular complexity index is 2220. The van der Waals surface area contributed by atoms with Gasteiger partial charge in [0.05, 0.1) is 33.5 Å². The first-order valence-electron chi connectivity index (χ1n) is 14.5. The van der Waals surface area contributed by atoms with E-state index in [4.69, 9.17) is 19.9 Å². The zero-order valence-corrected chi connectivity index (χ0v) is 24.8. The summed E-state index contributed by atoms with van der Waals surface area (Å²) in [4.78, 5) is 20.5. The molecular weight excluding hydrogens is 516 g/mol. The minimum Gasteiger partial charge on any atom is -0.299 e. The van der Waals surface area contributed by atoms with Crippen LogP contribution in [0.1, 0.15) is 50.5 Å². The minimum atomic E-state index is -0.358. The maximum atomic E-state index is 5.33. The number of rotatable bonds is 3. The summed E-state index contributed by atoms with van der Waals surface area (Å²) in [5, 5.41) is 4.39. The molecule has 0 aliphatic carbocycles. The molecule has 6 heterocycles. The monoisotopic (exact) mass is 548 g/mol. The number of hydrogen-bond donors (Lipinski definition) is 0. The molecule has 0 bridgehead atoms. The van der Waals surface area contributed by atoms with E-state index in [1.54, 1.807) is 0 Å². The molecule has 0 aliphatic rings. The summed E-state index contributed by atoms with van der Waals surface area (Å²) in [5.41, 5.74) is 9.41. The van der Waals surface area contributed by atoms with Crippen LogP contribution in [0.25, 0.3) is 54.9 Å². The van der Waals surface area contributed by atoms with E-state index in [0.717, 1.165) is 77.7 Å². The summed E-state index contributed by atoms with van der Waals surface area (Å²) in [7, 11) is 0. The van der Waals surface area contributed by atoms with Gasteiger partial charge in [-0.1, -0.05) is 64.1 Å². The Kier molecular flexibility index (Phi) is 4.95. The van der Waals surface area contributed by atoms with E-state index < -0.39 is 0 Å². The summed E-state index contributed by atoms with van der Waals surface area (Å²) < 4.78 is 4.47. The number of aromatic nitrogens is 6. The molecule has 6 nitrogen and oxygen atoms in total. The zero-order chi connectivity index (χ0) is 29.0. The fourth-order valence-electron chi connectivity index (χ4n) is 6.40. The van der Waals surface area contributed by atoms with Crippen LogP contribution in [0.5, 0.6) is 0 Å². The smallest absolute Gasteiger partial charge is 0.147 e. The lowest BCUT2D eigenvalue weighted by Gasteiger charge is -2.39. The Morgan fingerprint density at radius 3 is 1.31 bits per heavy atom. The molecule has 8 rings (SSSR count). The Hall–Kier alpha value is -4.84. The molecule has 0 N–H and O–H groups in total. The fourth-order valence-corrected chi connectivity index (χ4v) is 6.40. The topological polar surface area (TPSA) is 60.4 Å². The standard InChI is InChI=1S/C36H32N6/c1-21-15-17-25-31(37-21)23-11-7-9-13-27(23)41-19-29(39-33(25)41)35(3,4)36(5,6)30-20-42-28-14-10-8-12-24(28)32-26(34(42)40-30)18-16-22(2)38-32/h7-20H,1-6H3. The minimum absolute atomic E-state index is 0.358. The van der Waals surface area contributed by atoms with Gasteiger partial charge in [0, 0.05) is 56.2 Å². The number of fused-ring (bicyclic) bond motifs is 12. The van der Waals surface area contributed by atoms with Crippen LogP contribution in [-0.2, 0) is 10.8 Å². The molecule has 0 fully saturated rings. The van der Waals surface area contributed by atoms with Crippen molar-refractivity contribution < 1.29 is 0 Å². The maximum absolute atomic E-state index is 5.33. The second-order valence-electron chi connectivity index (χ2n) is 12.6. The zero-order valence-electron chi connectivity index (χ0n) is 24.8. The summed E-state index contributed by atoms with van der Waals surface area (Å²) in [5.74, 6) is 0. The summed E-state index contributed by atoms with van der Waals surface area (Å²) in [6.45, 7) is 13.2. The van der Waals surface area contributed by atoms with Gasteiger partial charge in [0.1, 0.15) is 11.3 Å². The number of nitrogens with zero attached hydrogens (tertiary/aromatic N) is 6. The van der Waals surface area contributed by atoms with Gasteiger partial charge in [-0.3, -0.25) is 18.8 Å². The van der Waals surface area contributed by atoms with Crippen LogP contribution in [0.4, 0.5) is 0 Å². The number of imidazole rings is 2. The highest BCUT2D eigenvalue weighted by atomic mass is 15.0. The molecule has 0 saturated carbocycles. The predicted molar refractivity (Wildman–Crippen MR) is 172 cm³/mol. The van der Waals surface area contributed by atoms with Crippen LogP contribution in [0.3, 0.4) is 0 Å². The van der Waals surface area contributed by atoms with E-state index in [1.165, 1.54) is 0 Å². The van der Waals surface area contributed by atoms with Crippen molar-refractivity contribution in [3.05, 3.63) is 108 Å². The van der Waals surface area contributed by atoms with Crippen molar-refractivity contribution >= 4 is 54.9 Å². The molecule has 0 spiro atoms. The van der Waals surface area contributed by atoms with Crippen molar-refractivity contribution in [2.24, 2.45) is 0 Å². The molecule has 0 atom stereocenters. The summed E-state index contributed by atoms with van der Waals surface area (Å²) in [6, 6.07) is 25.4. The van der Waals surface area contributed by atoms with E-state index >= 15 is 0 Å². The van der Waals surface area contributed by atoms with Crippen molar-refractivity contribution in [2.75, 3.05) is 0 Å². The molecule has 8 aromatic rings. The Morgan fingerprint density at radius 2 is 0.881 bits per heavy atom. The van der Waals surface area contributed by atoms with Crippen molar-refractivity contribution in [3.8, 4) is 0 Å². The lowest BCUT2D eigenvalue weighted by Crippen LogP contribution is -2.41. The highest BCUT2D eigenvalue weighted by molar-refractivity contribution is 6.10. The van der Waals surface area contributed by atoms with E-state index in [2.05, 4.69) is 122 Å². The van der Waals surface area contributed by atoms with Crippen LogP contribution in [0.2, 0.25) is 0 Å². The molecule has 6 heteroatoms. The van der Waals surface area contributed by atoms with E-state index in [9.17, 15) is 0 Å². The molecular formula is C36H32N6. The number of benzene rings is 2. The quantitative estimate of drug-likeness (QED) is 0.209. The van der Waals surface area contributed by atoms with Gasteiger partial charge >= 0.3 is 0 Å². The Labute approximate surface area is 243 Å². The highest BCUT2D eigenvalue weighted by Crippen LogP contribution is 2.44. The van der Waals surface area contributed by atoms with Crippen molar-refractivity contribution in [3.63, 3.8) is 0 Å². The second-order valence-corrected chi connectivity index (χ2v) is 12.6. The third kappa shape index (κ3) is 3.26. The molecule has 0 saturated heterocycles. The van der Waals surface area contributed by atoms with Crippen LogP contribution >= 0.6 is 0 Å². The first-order valence-corrected chi connectivity index (χ1v) is 14.5. The van der Waals surface area contributed by atoms with Gasteiger partial charge in [-0.15, -0.1) is 0 Å². The molecule has 0 radical (unpaired) electrons. The number of hydrogen-bond acceptors (Lipinski definition) is 4. The van der Waals surface area contributed by atoms with Gasteiger partial charge in [-0.25, -0.2) is 9.97 Å². The van der Waals surface area contributed by atoms with Crippen LogP contribution in [0.15, 0.2) is 85.2 Å². The Morgan fingerprint density at radius 1 is 0.476 bits per heavy atom. The van der Waals surface area contributed by atoms with E-state index in [1.807, 2.05) is 13.8 Å². The van der Waals surface area contributed by atoms with Gasteiger partial charge in [0.15, 0.2) is 0 Å². The summed E-state index contributed by atoms with van der Waals surface area (Å²) >= 11 is 0. The van der Waals surface area contributed by atoms with Crippen molar-refractivity contribution in [2.45, 2.75) is 52.4 Å². The van der Waals surface area contributed by atoms with E-state index in [-0.39, 0.29) is 10.8 Å². The molecule has 6 aromatic heterocycles. The van der Waals surface area contributed by atoms with E-state index in [0.29, 0.717) is 0 Å². The molecule has 0 unspecified atom stereocenters. The van der Waals surface area contributed by atoms with Gasteiger partial charge in [-0.05, 0) is 50.2 Å². The summed E-state index contributed by atoms with van der Waals surface area (Å²) in [6.07, 6.45) is 4.43. The lowest BCUT2D eigenvalue weighted by molar-refractivity contribution is 0.290. The van der Waals surface area contributed by atoms with Gasteiger partial charge in [-0.2, -0.15) is 0 Å². The fraction of sp³-hybridized carbons (Fsp3) is 0.222. The molecule has 206 valence electrons. The van der Waals surface area contributed by atoms with Crippen LogP contribution in [-0.4, -0.2) is 28.7 Å². The van der Waals surface area contributed by atoms with Crippen LogP contribution in [0, 0.1) is 13.8 Å². The van der Waals surface area contributed by atoms with Crippen molar-refractivity contribution in [1.29, 1.82) is 0 Å². The first kappa shape index (κ1) is 24.9. The normalized spacial score (nSPS) is 13.0. The average molecular weight is 549 g/mol. The number of para-hydroxylation sites is 2. The van der Waals surface area contributed by atoms with Crippen molar-refractivity contribution in [1.82, 2.24) is 28.7 Å². The predicted octanol–water partition coefficient (Wildman–Crippen LogP) is 8.26. The van der Waals surface area contributed by atoms with Gasteiger partial charge in [0.25, 0.3) is 0 Å². The molecule has 0 aliphatic heterocycles. The maximum Gasteiger partial charge on any atom is 0.147 e. The third-order valence-electron chi connectivity index (χ3n) is 9.64. The average Bonchev–Trinajstić information content (AvgIpc) is 3.64. The number of pyridine rings is 4. The third-order valence-corrected chi connectivity index (χ3v) is 9.64. The number of aryl methyl sites for hydroxylation is 2. The molecule has 2 aromatic carbocycles. The van der Waals surface area contributed by atoms with Gasteiger partial charge in [0.2, 0.25) is 0 Å². The lowest BCUT2D eigenvalue weighted by atomic mass is 9.64. The molecule has 42 heavy (non-hydrogen) atoms. The second kappa shape index (κ2) is 8.35. The van der Waals surface area contributed by atoms with Gasteiger partial charge < -0.3 is 0 Å². The Balaban J connectivity index is 1.36. The molecule has 0 amide bonds. The largest absolute Gasteiger partial charge is 0.299 e. The van der Waals surface area contributed by atoms with Crippen LogP contribution < -0.4 is 0 Å².